The molecule has 3 heteroatoms. The third-order valence-corrected chi connectivity index (χ3v) is 2.28. The Morgan fingerprint density at radius 3 is 2.50 bits per heavy atom. The number of carboxylic acids is 1. The van der Waals surface area contributed by atoms with E-state index in [-0.39, 0.29) is 6.10 Å². The highest BCUT2D eigenvalue weighted by Gasteiger charge is 2.14. The first-order valence-corrected chi connectivity index (χ1v) is 5.48. The van der Waals surface area contributed by atoms with Crippen LogP contribution < -0.4 is 4.74 Å². The maximum absolute atomic E-state index is 10.8. The van der Waals surface area contributed by atoms with Gasteiger partial charge in [-0.25, -0.2) is 0 Å². The van der Waals surface area contributed by atoms with E-state index in [1.807, 2.05) is 38.1 Å². The molecule has 0 bridgehead atoms. The first-order valence-electron chi connectivity index (χ1n) is 5.48. The zero-order valence-corrected chi connectivity index (χ0v) is 9.93. The second-order valence-corrected chi connectivity index (χ2v) is 4.22. The highest BCUT2D eigenvalue weighted by molar-refractivity contribution is 5.70. The number of carboxylic acid groups (broad SMARTS) is 1. The van der Waals surface area contributed by atoms with E-state index in [9.17, 15) is 4.79 Å². The predicted octanol–water partition coefficient (Wildman–Crippen LogP) is 2.74. The Morgan fingerprint density at radius 2 is 1.94 bits per heavy atom. The van der Waals surface area contributed by atoms with Crippen LogP contribution in [0.4, 0.5) is 0 Å². The molecule has 16 heavy (non-hydrogen) atoms. The van der Waals surface area contributed by atoms with Gasteiger partial charge < -0.3 is 9.84 Å². The van der Waals surface area contributed by atoms with Gasteiger partial charge >= 0.3 is 5.97 Å². The summed E-state index contributed by atoms with van der Waals surface area (Å²) in [5.41, 5.74) is 0.950. The third-order valence-electron chi connectivity index (χ3n) is 2.28. The summed E-state index contributed by atoms with van der Waals surface area (Å²) >= 11 is 0. The highest BCUT2D eigenvalue weighted by atomic mass is 16.5. The Hall–Kier alpha value is -1.51. The summed E-state index contributed by atoms with van der Waals surface area (Å²) in [5.74, 6) is -0.387. The van der Waals surface area contributed by atoms with Gasteiger partial charge in [-0.1, -0.05) is 25.1 Å². The molecule has 1 atom stereocenters. The van der Waals surface area contributed by atoms with Gasteiger partial charge in [-0.2, -0.15) is 0 Å². The monoisotopic (exact) mass is 222 g/mol. The number of ether oxygens (including phenoxy) is 1. The Balaban J connectivity index is 2.82. The highest BCUT2D eigenvalue weighted by Crippen LogP contribution is 2.22. The lowest BCUT2D eigenvalue weighted by Gasteiger charge is -2.15. The Bertz CT molecular complexity index is 358. The second-order valence-electron chi connectivity index (χ2n) is 4.22. The van der Waals surface area contributed by atoms with Gasteiger partial charge in [0.15, 0.2) is 0 Å². The van der Waals surface area contributed by atoms with Gasteiger partial charge in [0.25, 0.3) is 0 Å². The van der Waals surface area contributed by atoms with Gasteiger partial charge in [-0.3, -0.25) is 4.79 Å². The van der Waals surface area contributed by atoms with Crippen LogP contribution in [-0.4, -0.2) is 17.2 Å². The summed E-state index contributed by atoms with van der Waals surface area (Å²) in [5, 5.41) is 8.88. The fourth-order valence-electron chi connectivity index (χ4n) is 1.46. The fraction of sp³-hybridized carbons (Fsp3) is 0.462. The molecule has 0 radical (unpaired) electrons. The summed E-state index contributed by atoms with van der Waals surface area (Å²) in [6.07, 6.45) is 0.597. The zero-order valence-electron chi connectivity index (χ0n) is 9.93. The number of hydrogen-bond acceptors (Lipinski definition) is 2. The molecule has 0 saturated heterocycles. The molecule has 1 aromatic rings. The second kappa shape index (κ2) is 5.54. The quantitative estimate of drug-likeness (QED) is 0.833. The molecule has 0 aliphatic heterocycles. The standard InChI is InChI=1S/C13H18O3/c1-9(2)16-12-7-5-4-6-11(12)8-10(3)13(14)15/h4-7,9-10H,8H2,1-3H3,(H,14,15). The Morgan fingerprint density at radius 1 is 1.31 bits per heavy atom. The number of hydrogen-bond donors (Lipinski definition) is 1. The largest absolute Gasteiger partial charge is 0.491 e. The molecule has 0 spiro atoms. The molecule has 0 aliphatic carbocycles. The minimum atomic E-state index is -0.778. The topological polar surface area (TPSA) is 46.5 Å². The lowest BCUT2D eigenvalue weighted by atomic mass is 10.0. The molecule has 0 saturated carbocycles. The van der Waals surface area contributed by atoms with E-state index in [0.717, 1.165) is 11.3 Å². The minimum absolute atomic E-state index is 0.0984. The van der Waals surface area contributed by atoms with E-state index >= 15 is 0 Å². The summed E-state index contributed by atoms with van der Waals surface area (Å²) in [4.78, 5) is 10.8. The van der Waals surface area contributed by atoms with Crippen LogP contribution >= 0.6 is 0 Å². The average Bonchev–Trinajstić information content (AvgIpc) is 2.20. The van der Waals surface area contributed by atoms with E-state index in [1.165, 1.54) is 0 Å². The molecule has 1 aromatic carbocycles. The van der Waals surface area contributed by atoms with Crippen LogP contribution in [0.2, 0.25) is 0 Å². The van der Waals surface area contributed by atoms with E-state index in [4.69, 9.17) is 9.84 Å². The van der Waals surface area contributed by atoms with E-state index in [1.54, 1.807) is 6.92 Å². The van der Waals surface area contributed by atoms with Crippen LogP contribution in [0, 0.1) is 5.92 Å². The van der Waals surface area contributed by atoms with Gasteiger partial charge in [-0.05, 0) is 31.9 Å². The Labute approximate surface area is 96.1 Å². The van der Waals surface area contributed by atoms with Gasteiger partial charge in [0.2, 0.25) is 0 Å². The number of benzene rings is 1. The summed E-state index contributed by atoms with van der Waals surface area (Å²) in [7, 11) is 0. The van der Waals surface area contributed by atoms with E-state index in [0.29, 0.717) is 6.42 Å². The maximum atomic E-state index is 10.8. The van der Waals surface area contributed by atoms with Crippen molar-refractivity contribution in [3.63, 3.8) is 0 Å². The molecule has 1 unspecified atom stereocenters. The van der Waals surface area contributed by atoms with E-state index in [2.05, 4.69) is 0 Å². The summed E-state index contributed by atoms with van der Waals surface area (Å²) in [6.45, 7) is 5.61. The van der Waals surface area contributed by atoms with Crippen LogP contribution in [0.15, 0.2) is 24.3 Å². The SMILES string of the molecule is CC(C)Oc1ccccc1CC(C)C(=O)O. The van der Waals surface area contributed by atoms with Crippen molar-refractivity contribution in [2.45, 2.75) is 33.3 Å². The van der Waals surface area contributed by atoms with Gasteiger partial charge in [-0.15, -0.1) is 0 Å². The van der Waals surface area contributed by atoms with Crippen LogP contribution in [-0.2, 0) is 11.2 Å². The molecular weight excluding hydrogens is 204 g/mol. The molecule has 3 nitrogen and oxygen atoms in total. The lowest BCUT2D eigenvalue weighted by Crippen LogP contribution is -2.14. The molecule has 88 valence electrons. The van der Waals surface area contributed by atoms with Crippen LogP contribution in [0.25, 0.3) is 0 Å². The number of rotatable bonds is 5. The van der Waals surface area contributed by atoms with Crippen molar-refractivity contribution >= 4 is 5.97 Å². The first kappa shape index (κ1) is 12.6. The number of carbonyl (C=O) groups is 1. The molecule has 1 rings (SSSR count). The normalized spacial score (nSPS) is 12.5. The molecular formula is C13H18O3. The van der Waals surface area contributed by atoms with Crippen molar-refractivity contribution in [3.05, 3.63) is 29.8 Å². The van der Waals surface area contributed by atoms with Crippen molar-refractivity contribution in [1.82, 2.24) is 0 Å². The molecule has 1 N–H and O–H groups in total. The molecule has 0 amide bonds. The zero-order chi connectivity index (χ0) is 12.1. The van der Waals surface area contributed by atoms with Crippen molar-refractivity contribution in [2.75, 3.05) is 0 Å². The molecule has 0 heterocycles. The lowest BCUT2D eigenvalue weighted by molar-refractivity contribution is -0.141. The van der Waals surface area contributed by atoms with Crippen LogP contribution in [0.5, 0.6) is 5.75 Å². The molecule has 0 aromatic heterocycles. The summed E-state index contributed by atoms with van der Waals surface area (Å²) in [6, 6.07) is 7.59. The van der Waals surface area contributed by atoms with Crippen molar-refractivity contribution in [1.29, 1.82) is 0 Å². The van der Waals surface area contributed by atoms with Gasteiger partial charge in [0.1, 0.15) is 5.75 Å². The molecule has 0 aliphatic rings. The van der Waals surface area contributed by atoms with Crippen LogP contribution in [0.3, 0.4) is 0 Å². The van der Waals surface area contributed by atoms with Gasteiger partial charge in [0, 0.05) is 0 Å². The first-order chi connectivity index (χ1) is 7.50. The number of aliphatic carboxylic acids is 1. The Kier molecular flexibility index (Phi) is 4.35. The minimum Gasteiger partial charge on any atom is -0.491 e. The number of para-hydroxylation sites is 1. The van der Waals surface area contributed by atoms with Crippen molar-refractivity contribution in [2.24, 2.45) is 5.92 Å². The maximum Gasteiger partial charge on any atom is 0.306 e. The predicted molar refractivity (Wildman–Crippen MR) is 62.7 cm³/mol. The van der Waals surface area contributed by atoms with E-state index < -0.39 is 11.9 Å². The smallest absolute Gasteiger partial charge is 0.306 e. The van der Waals surface area contributed by atoms with Crippen molar-refractivity contribution < 1.29 is 14.6 Å². The summed E-state index contributed by atoms with van der Waals surface area (Å²) < 4.78 is 5.63. The van der Waals surface area contributed by atoms with Gasteiger partial charge in [0.05, 0.1) is 12.0 Å². The fourth-order valence-corrected chi connectivity index (χ4v) is 1.46. The molecule has 0 fully saturated rings. The van der Waals surface area contributed by atoms with Crippen LogP contribution in [0.1, 0.15) is 26.3 Å². The third kappa shape index (κ3) is 3.57. The van der Waals surface area contributed by atoms with Crippen molar-refractivity contribution in [3.8, 4) is 5.75 Å². The average molecular weight is 222 g/mol.